The summed E-state index contributed by atoms with van der Waals surface area (Å²) < 4.78 is 44.8. The molecule has 1 atom stereocenters. The van der Waals surface area contributed by atoms with Gasteiger partial charge in [-0.25, -0.2) is 13.2 Å². The van der Waals surface area contributed by atoms with Gasteiger partial charge in [-0.1, -0.05) is 23.7 Å². The summed E-state index contributed by atoms with van der Waals surface area (Å²) in [5.41, 5.74) is 6.09. The number of halogens is 4. The minimum atomic E-state index is -1.55. The van der Waals surface area contributed by atoms with Crippen molar-refractivity contribution in [2.75, 3.05) is 7.11 Å². The molecule has 20 heavy (non-hydrogen) atoms. The van der Waals surface area contributed by atoms with Gasteiger partial charge in [0, 0.05) is 10.6 Å². The lowest BCUT2D eigenvalue weighted by Crippen LogP contribution is -2.15. The van der Waals surface area contributed by atoms with E-state index in [-0.39, 0.29) is 10.6 Å². The first-order valence-corrected chi connectivity index (χ1v) is 6.06. The maximum atomic E-state index is 13.7. The van der Waals surface area contributed by atoms with Crippen LogP contribution in [0, 0.1) is 17.5 Å². The topological polar surface area (TPSA) is 35.2 Å². The molecule has 2 nitrogen and oxygen atoms in total. The number of rotatable bonds is 3. The molecule has 0 amide bonds. The lowest BCUT2D eigenvalue weighted by molar-refractivity contribution is 0.414. The Balaban J connectivity index is 2.46. The molecule has 0 heterocycles. The fourth-order valence-corrected chi connectivity index (χ4v) is 2.12. The zero-order chi connectivity index (χ0) is 14.9. The fourth-order valence-electron chi connectivity index (χ4n) is 1.84. The van der Waals surface area contributed by atoms with Gasteiger partial charge < -0.3 is 10.5 Å². The van der Waals surface area contributed by atoms with Gasteiger partial charge in [-0.2, -0.15) is 0 Å². The van der Waals surface area contributed by atoms with Gasteiger partial charge in [0.1, 0.15) is 5.75 Å². The third kappa shape index (κ3) is 2.59. The van der Waals surface area contributed by atoms with Gasteiger partial charge >= 0.3 is 0 Å². The highest BCUT2D eigenvalue weighted by Crippen LogP contribution is 2.31. The summed E-state index contributed by atoms with van der Waals surface area (Å²) in [5, 5.41) is 0.251. The highest BCUT2D eigenvalue weighted by molar-refractivity contribution is 6.31. The average Bonchev–Trinajstić information content (AvgIpc) is 2.44. The molecule has 0 aliphatic rings. The van der Waals surface area contributed by atoms with E-state index < -0.39 is 23.5 Å². The Hall–Kier alpha value is -1.72. The zero-order valence-electron chi connectivity index (χ0n) is 10.5. The second kappa shape index (κ2) is 5.73. The molecule has 0 aromatic heterocycles. The Kier molecular flexibility index (Phi) is 4.20. The smallest absolute Gasteiger partial charge is 0.194 e. The molecule has 0 spiro atoms. The minimum Gasteiger partial charge on any atom is -0.497 e. The molecule has 0 bridgehead atoms. The van der Waals surface area contributed by atoms with Crippen molar-refractivity contribution in [1.82, 2.24) is 0 Å². The van der Waals surface area contributed by atoms with E-state index in [1.54, 1.807) is 12.1 Å². The molecular formula is C14H11ClF3NO. The van der Waals surface area contributed by atoms with Crippen LogP contribution >= 0.6 is 11.6 Å². The predicted molar refractivity (Wildman–Crippen MR) is 70.4 cm³/mol. The average molecular weight is 302 g/mol. The third-order valence-corrected chi connectivity index (χ3v) is 3.27. The highest BCUT2D eigenvalue weighted by atomic mass is 35.5. The van der Waals surface area contributed by atoms with Crippen molar-refractivity contribution >= 4 is 11.6 Å². The summed E-state index contributed by atoms with van der Waals surface area (Å²) in [6.07, 6.45) is 0. The molecule has 2 rings (SSSR count). The summed E-state index contributed by atoms with van der Waals surface area (Å²) in [6.45, 7) is 0. The fraction of sp³-hybridized carbons (Fsp3) is 0.143. The van der Waals surface area contributed by atoms with Crippen molar-refractivity contribution in [3.05, 3.63) is 63.9 Å². The molecule has 6 heteroatoms. The summed E-state index contributed by atoms with van der Waals surface area (Å²) in [6, 6.07) is 5.56. The van der Waals surface area contributed by atoms with E-state index in [0.717, 1.165) is 12.1 Å². The van der Waals surface area contributed by atoms with Crippen LogP contribution in [0.25, 0.3) is 0 Å². The van der Waals surface area contributed by atoms with E-state index in [9.17, 15) is 13.2 Å². The number of nitrogens with two attached hydrogens (primary N) is 1. The number of benzene rings is 2. The Bertz CT molecular complexity index is 649. The molecule has 1 unspecified atom stereocenters. The van der Waals surface area contributed by atoms with Gasteiger partial charge in [-0.05, 0) is 23.8 Å². The molecule has 2 aromatic rings. The van der Waals surface area contributed by atoms with Crippen LogP contribution in [0.15, 0.2) is 30.3 Å². The molecule has 0 saturated heterocycles. The van der Waals surface area contributed by atoms with Crippen LogP contribution in [0.4, 0.5) is 13.2 Å². The Morgan fingerprint density at radius 3 is 2.30 bits per heavy atom. The van der Waals surface area contributed by atoms with E-state index in [2.05, 4.69) is 0 Å². The van der Waals surface area contributed by atoms with Crippen molar-refractivity contribution in [2.45, 2.75) is 6.04 Å². The maximum Gasteiger partial charge on any atom is 0.194 e. The van der Waals surface area contributed by atoms with Crippen molar-refractivity contribution in [1.29, 1.82) is 0 Å². The lowest BCUT2D eigenvalue weighted by Gasteiger charge is -2.16. The number of methoxy groups -OCH3 is 1. The maximum absolute atomic E-state index is 13.7. The first-order chi connectivity index (χ1) is 9.45. The van der Waals surface area contributed by atoms with E-state index >= 15 is 0 Å². The van der Waals surface area contributed by atoms with Gasteiger partial charge in [0.2, 0.25) is 0 Å². The molecule has 0 saturated carbocycles. The van der Waals surface area contributed by atoms with Gasteiger partial charge in [0.05, 0.1) is 13.2 Å². The van der Waals surface area contributed by atoms with Gasteiger partial charge in [-0.15, -0.1) is 0 Å². The zero-order valence-corrected chi connectivity index (χ0v) is 11.2. The molecule has 2 N–H and O–H groups in total. The lowest BCUT2D eigenvalue weighted by atomic mass is 9.98. The third-order valence-electron chi connectivity index (χ3n) is 2.94. The predicted octanol–water partition coefficient (Wildman–Crippen LogP) is 3.81. The SMILES string of the molecule is COc1ccc(C(N)c2ccc(F)c(F)c2F)c(Cl)c1. The molecular weight excluding hydrogens is 291 g/mol. The molecule has 0 fully saturated rings. The summed E-state index contributed by atoms with van der Waals surface area (Å²) >= 11 is 6.03. The molecule has 0 radical (unpaired) electrons. The Morgan fingerprint density at radius 2 is 1.70 bits per heavy atom. The van der Waals surface area contributed by atoms with Crippen molar-refractivity contribution < 1.29 is 17.9 Å². The Morgan fingerprint density at radius 1 is 1.05 bits per heavy atom. The van der Waals surface area contributed by atoms with Crippen LogP contribution in [0.2, 0.25) is 5.02 Å². The van der Waals surface area contributed by atoms with Crippen molar-refractivity contribution in [2.24, 2.45) is 5.73 Å². The first-order valence-electron chi connectivity index (χ1n) is 5.68. The van der Waals surface area contributed by atoms with Gasteiger partial charge in [-0.3, -0.25) is 0 Å². The van der Waals surface area contributed by atoms with Gasteiger partial charge in [0.25, 0.3) is 0 Å². The summed E-state index contributed by atoms with van der Waals surface area (Å²) in [4.78, 5) is 0. The Labute approximate surface area is 118 Å². The summed E-state index contributed by atoms with van der Waals surface area (Å²) in [5.74, 6) is -3.62. The van der Waals surface area contributed by atoms with Crippen molar-refractivity contribution in [3.8, 4) is 5.75 Å². The van der Waals surface area contributed by atoms with Crippen LogP contribution < -0.4 is 10.5 Å². The van der Waals surface area contributed by atoms with Crippen LogP contribution in [-0.2, 0) is 0 Å². The molecule has 2 aromatic carbocycles. The van der Waals surface area contributed by atoms with E-state index in [4.69, 9.17) is 22.1 Å². The van der Waals surface area contributed by atoms with Crippen LogP contribution in [0.1, 0.15) is 17.2 Å². The highest BCUT2D eigenvalue weighted by Gasteiger charge is 2.21. The van der Waals surface area contributed by atoms with E-state index in [1.807, 2.05) is 0 Å². The number of hydrogen-bond donors (Lipinski definition) is 1. The second-order valence-corrected chi connectivity index (χ2v) is 4.54. The molecule has 0 aliphatic heterocycles. The van der Waals surface area contributed by atoms with Gasteiger partial charge in [0.15, 0.2) is 17.5 Å². The largest absolute Gasteiger partial charge is 0.497 e. The normalized spacial score (nSPS) is 12.3. The van der Waals surface area contributed by atoms with E-state index in [1.165, 1.54) is 13.2 Å². The van der Waals surface area contributed by atoms with Crippen LogP contribution in [0.5, 0.6) is 5.75 Å². The number of hydrogen-bond acceptors (Lipinski definition) is 2. The monoisotopic (exact) mass is 301 g/mol. The van der Waals surface area contributed by atoms with Crippen LogP contribution in [0.3, 0.4) is 0 Å². The van der Waals surface area contributed by atoms with Crippen molar-refractivity contribution in [3.63, 3.8) is 0 Å². The minimum absolute atomic E-state index is 0.170. The quantitative estimate of drug-likeness (QED) is 0.875. The number of ether oxygens (including phenoxy) is 1. The molecule has 106 valence electrons. The first kappa shape index (κ1) is 14.7. The standard InChI is InChI=1S/C14H11ClF3NO/c1-20-7-2-3-8(10(15)6-7)14(19)9-4-5-11(16)13(18)12(9)17/h2-6,14H,19H2,1H3. The van der Waals surface area contributed by atoms with Crippen LogP contribution in [-0.4, -0.2) is 7.11 Å². The second-order valence-electron chi connectivity index (χ2n) is 4.13. The van der Waals surface area contributed by atoms with E-state index in [0.29, 0.717) is 11.3 Å². The summed E-state index contributed by atoms with van der Waals surface area (Å²) in [7, 11) is 1.47. The molecule has 0 aliphatic carbocycles.